The predicted molar refractivity (Wildman–Crippen MR) is 112 cm³/mol. The summed E-state index contributed by atoms with van der Waals surface area (Å²) < 4.78 is 0. The van der Waals surface area contributed by atoms with Crippen molar-refractivity contribution < 1.29 is 5.21 Å². The van der Waals surface area contributed by atoms with Crippen LogP contribution in [0.2, 0.25) is 0 Å². The molecule has 6 atom stereocenters. The summed E-state index contributed by atoms with van der Waals surface area (Å²) in [6.07, 6.45) is 18.2. The van der Waals surface area contributed by atoms with E-state index in [1.54, 1.807) is 0 Å². The molecule has 2 N–H and O–H groups in total. The highest BCUT2D eigenvalue weighted by atomic mass is 16.5. The van der Waals surface area contributed by atoms with Gasteiger partial charge >= 0.3 is 0 Å². The van der Waals surface area contributed by atoms with Crippen LogP contribution in [-0.4, -0.2) is 11.8 Å². The minimum Gasteiger partial charge on any atom is -0.317 e. The van der Waals surface area contributed by atoms with Crippen LogP contribution in [0.5, 0.6) is 0 Å². The maximum atomic E-state index is 8.85. The molecule has 0 amide bonds. The van der Waals surface area contributed by atoms with E-state index in [2.05, 4.69) is 33.2 Å². The summed E-state index contributed by atoms with van der Waals surface area (Å²) in [5.41, 5.74) is 2.90. The van der Waals surface area contributed by atoms with Crippen molar-refractivity contribution in [2.24, 2.45) is 35.0 Å². The van der Waals surface area contributed by atoms with E-state index in [1.807, 2.05) is 0 Å². The fourth-order valence-electron chi connectivity index (χ4n) is 6.76. The molecule has 154 valence electrons. The average Bonchev–Trinajstić information content (AvgIpc) is 2.72. The first-order valence-corrected chi connectivity index (χ1v) is 11.9. The van der Waals surface area contributed by atoms with Crippen LogP contribution >= 0.6 is 0 Å². The van der Waals surface area contributed by atoms with Crippen molar-refractivity contribution in [1.82, 2.24) is 5.48 Å². The van der Waals surface area contributed by atoms with Gasteiger partial charge in [0.1, 0.15) is 0 Å². The molecule has 2 heteroatoms. The van der Waals surface area contributed by atoms with Crippen molar-refractivity contribution in [2.45, 2.75) is 111 Å². The van der Waals surface area contributed by atoms with E-state index in [1.165, 1.54) is 77.0 Å². The molecular weight excluding hydrogens is 318 g/mol. The van der Waals surface area contributed by atoms with Crippen molar-refractivity contribution in [3.05, 3.63) is 0 Å². The van der Waals surface area contributed by atoms with E-state index in [4.69, 9.17) is 5.21 Å². The first kappa shape index (κ1) is 22.2. The Morgan fingerprint density at radius 2 is 1.73 bits per heavy atom. The number of nitrogens with one attached hydrogen (secondary N) is 1. The number of hydrogen-bond acceptors (Lipinski definition) is 2. The Labute approximate surface area is 163 Å². The molecule has 0 aromatic heterocycles. The molecule has 0 bridgehead atoms. The molecule has 0 spiro atoms. The lowest BCUT2D eigenvalue weighted by Crippen LogP contribution is -2.39. The van der Waals surface area contributed by atoms with E-state index in [0.29, 0.717) is 5.41 Å². The van der Waals surface area contributed by atoms with Crippen LogP contribution in [0.1, 0.15) is 111 Å². The highest BCUT2D eigenvalue weighted by Crippen LogP contribution is 2.54. The second-order valence-electron chi connectivity index (χ2n) is 9.95. The van der Waals surface area contributed by atoms with Crippen LogP contribution in [-0.2, 0) is 0 Å². The van der Waals surface area contributed by atoms with Crippen LogP contribution < -0.4 is 5.48 Å². The summed E-state index contributed by atoms with van der Waals surface area (Å²) in [5.74, 6) is 4.63. The third-order valence-electron chi connectivity index (χ3n) is 8.58. The largest absolute Gasteiger partial charge is 0.317 e. The maximum absolute atomic E-state index is 8.85. The molecule has 0 aromatic rings. The van der Waals surface area contributed by atoms with Gasteiger partial charge in [-0.3, -0.25) is 0 Å². The van der Waals surface area contributed by atoms with E-state index < -0.39 is 0 Å². The third kappa shape index (κ3) is 5.47. The number of fused-ring (bicyclic) bond motifs is 1. The fraction of sp³-hybridized carbons (Fsp3) is 1.00. The highest BCUT2D eigenvalue weighted by Gasteiger charge is 2.45. The van der Waals surface area contributed by atoms with Crippen molar-refractivity contribution in [2.75, 3.05) is 6.54 Å². The molecule has 2 aliphatic carbocycles. The Bertz CT molecular complexity index is 384. The second-order valence-corrected chi connectivity index (χ2v) is 9.95. The normalized spacial score (nSPS) is 39.3. The van der Waals surface area contributed by atoms with E-state index in [0.717, 1.165) is 42.6 Å². The lowest BCUT2D eigenvalue weighted by molar-refractivity contribution is 0.0261. The van der Waals surface area contributed by atoms with Gasteiger partial charge in [-0.1, -0.05) is 79.1 Å². The minimum atomic E-state index is 0.562. The monoisotopic (exact) mass is 365 g/mol. The summed E-state index contributed by atoms with van der Waals surface area (Å²) in [7, 11) is 0. The average molecular weight is 366 g/mol. The maximum Gasteiger partial charge on any atom is 0.0207 e. The van der Waals surface area contributed by atoms with Crippen molar-refractivity contribution >= 4 is 0 Å². The molecule has 0 saturated heterocycles. The molecule has 0 radical (unpaired) electrons. The van der Waals surface area contributed by atoms with Gasteiger partial charge in [0.2, 0.25) is 0 Å². The van der Waals surface area contributed by atoms with Crippen LogP contribution in [0, 0.1) is 35.0 Å². The summed E-state index contributed by atoms with van der Waals surface area (Å²) in [5, 5.41) is 8.85. The Morgan fingerprint density at radius 1 is 0.962 bits per heavy atom. The van der Waals surface area contributed by atoms with Gasteiger partial charge < -0.3 is 5.21 Å². The van der Waals surface area contributed by atoms with Crippen LogP contribution in [0.15, 0.2) is 0 Å². The van der Waals surface area contributed by atoms with E-state index >= 15 is 0 Å². The zero-order valence-corrected chi connectivity index (χ0v) is 18.2. The van der Waals surface area contributed by atoms with Gasteiger partial charge in [-0.05, 0) is 67.1 Å². The first-order valence-electron chi connectivity index (χ1n) is 11.9. The van der Waals surface area contributed by atoms with Crippen molar-refractivity contribution in [3.63, 3.8) is 0 Å². The van der Waals surface area contributed by atoms with Crippen molar-refractivity contribution in [3.8, 4) is 0 Å². The third-order valence-corrected chi connectivity index (χ3v) is 8.58. The molecule has 0 heterocycles. The summed E-state index contributed by atoms with van der Waals surface area (Å²) in [4.78, 5) is 0. The molecule has 0 aliphatic heterocycles. The summed E-state index contributed by atoms with van der Waals surface area (Å²) in [6, 6.07) is 0. The molecule has 2 rings (SSSR count). The molecular formula is C24H47NO. The van der Waals surface area contributed by atoms with Gasteiger partial charge in [-0.2, -0.15) is 0 Å². The predicted octanol–water partition coefficient (Wildman–Crippen LogP) is 7.21. The Balaban J connectivity index is 2.13. The van der Waals surface area contributed by atoms with Gasteiger partial charge in [0.25, 0.3) is 0 Å². The molecule has 2 aliphatic rings. The van der Waals surface area contributed by atoms with E-state index in [9.17, 15) is 0 Å². The summed E-state index contributed by atoms with van der Waals surface area (Å²) in [6.45, 7) is 10.9. The minimum absolute atomic E-state index is 0.562. The Hall–Kier alpha value is -0.0800. The second kappa shape index (κ2) is 11.1. The molecule has 2 nitrogen and oxygen atoms in total. The van der Waals surface area contributed by atoms with Crippen LogP contribution in [0.4, 0.5) is 0 Å². The quantitative estimate of drug-likeness (QED) is 0.369. The Morgan fingerprint density at radius 3 is 2.42 bits per heavy atom. The van der Waals surface area contributed by atoms with Crippen molar-refractivity contribution in [1.29, 1.82) is 0 Å². The molecule has 3 unspecified atom stereocenters. The number of hydroxylamine groups is 1. The van der Waals surface area contributed by atoms with Gasteiger partial charge in [0.05, 0.1) is 0 Å². The van der Waals surface area contributed by atoms with Gasteiger partial charge in [-0.15, -0.1) is 0 Å². The first-order chi connectivity index (χ1) is 12.6. The number of hydrogen-bond donors (Lipinski definition) is 2. The Kier molecular flexibility index (Phi) is 9.44. The molecule has 2 fully saturated rings. The van der Waals surface area contributed by atoms with E-state index in [-0.39, 0.29) is 0 Å². The van der Waals surface area contributed by atoms with Gasteiger partial charge in [-0.25, -0.2) is 5.48 Å². The van der Waals surface area contributed by atoms with Gasteiger partial charge in [0.15, 0.2) is 0 Å². The lowest BCUT2D eigenvalue weighted by Gasteiger charge is -2.46. The standard InChI is InChI=1S/C24H47NO/c1-5-10-21-13-8-14-22-19(3)16-17-20(12-9-18-25-26)11-7-15-23(22)24(21,4)6-2/h19-23,25-26H,5-18H2,1-4H3/t19-,20?,21-,22?,23?,24-/m0/s1. The summed E-state index contributed by atoms with van der Waals surface area (Å²) >= 11 is 0. The molecule has 26 heavy (non-hydrogen) atoms. The molecule has 2 saturated carbocycles. The topological polar surface area (TPSA) is 32.3 Å². The zero-order valence-electron chi connectivity index (χ0n) is 18.2. The van der Waals surface area contributed by atoms with Gasteiger partial charge in [0, 0.05) is 6.54 Å². The lowest BCUT2D eigenvalue weighted by atomic mass is 9.58. The zero-order chi connectivity index (χ0) is 19.0. The number of rotatable bonds is 7. The highest BCUT2D eigenvalue weighted by molar-refractivity contribution is 4.95. The smallest absolute Gasteiger partial charge is 0.0207 e. The fourth-order valence-corrected chi connectivity index (χ4v) is 6.76. The van der Waals surface area contributed by atoms with Crippen LogP contribution in [0.3, 0.4) is 0 Å². The van der Waals surface area contributed by atoms with Crippen LogP contribution in [0.25, 0.3) is 0 Å². The SMILES string of the molecule is CCC[C@H]1CCCC2C(CCCC(CCCNO)CC[C@@H]2C)[C@@]1(C)CC. The molecule has 0 aromatic carbocycles.